The smallest absolute Gasteiger partial charge is 0.362 e. The first-order valence-electron chi connectivity index (χ1n) is 6.45. The van der Waals surface area contributed by atoms with Gasteiger partial charge in [-0.05, 0) is 11.6 Å². The summed E-state index contributed by atoms with van der Waals surface area (Å²) >= 11 is 0. The molecule has 0 spiro atoms. The number of benzene rings is 1. The third kappa shape index (κ3) is 6.16. The van der Waals surface area contributed by atoms with Crippen LogP contribution in [0.25, 0.3) is 0 Å². The van der Waals surface area contributed by atoms with Crippen LogP contribution >= 0.6 is 0 Å². The lowest BCUT2D eigenvalue weighted by Crippen LogP contribution is -2.30. The first-order chi connectivity index (χ1) is 10.5. The van der Waals surface area contributed by atoms with E-state index in [1.165, 1.54) is 32.3 Å². The van der Waals surface area contributed by atoms with Gasteiger partial charge < -0.3 is 10.1 Å². The average molecular weight is 354 g/mol. The number of hydrogen-bond acceptors (Lipinski definition) is 4. The Kier molecular flexibility index (Phi) is 6.54. The van der Waals surface area contributed by atoms with Crippen LogP contribution in [0.1, 0.15) is 5.56 Å². The molecule has 0 radical (unpaired) electrons. The Hall–Kier alpha value is -1.65. The predicted octanol–water partition coefficient (Wildman–Crippen LogP) is 1.13. The van der Waals surface area contributed by atoms with Gasteiger partial charge in [-0.15, -0.1) is 0 Å². The summed E-state index contributed by atoms with van der Waals surface area (Å²) in [6.45, 7) is -2.43. The van der Waals surface area contributed by atoms with Gasteiger partial charge in [0.1, 0.15) is 13.2 Å². The number of hydrogen-bond donors (Lipinski definition) is 1. The molecule has 1 rings (SSSR count). The van der Waals surface area contributed by atoms with Crippen molar-refractivity contribution in [3.8, 4) is 0 Å². The molecule has 0 saturated carbocycles. The maximum Gasteiger partial charge on any atom is 0.411 e. The van der Waals surface area contributed by atoms with Crippen molar-refractivity contribution in [1.29, 1.82) is 0 Å². The minimum absolute atomic E-state index is 0.0153. The van der Waals surface area contributed by atoms with Crippen molar-refractivity contribution in [2.45, 2.75) is 17.6 Å². The predicted molar refractivity (Wildman–Crippen MR) is 76.0 cm³/mol. The van der Waals surface area contributed by atoms with Gasteiger partial charge in [-0.2, -0.15) is 13.2 Å². The van der Waals surface area contributed by atoms with E-state index in [1.807, 2.05) is 0 Å². The summed E-state index contributed by atoms with van der Waals surface area (Å²) in [5, 5.41) is 2.32. The Labute approximate surface area is 132 Å². The van der Waals surface area contributed by atoms with E-state index in [4.69, 9.17) is 0 Å². The van der Waals surface area contributed by atoms with Gasteiger partial charge in [0, 0.05) is 20.6 Å². The second-order valence-electron chi connectivity index (χ2n) is 4.78. The summed E-state index contributed by atoms with van der Waals surface area (Å²) in [5.41, 5.74) is 0.324. The number of halogens is 3. The fourth-order valence-electron chi connectivity index (χ4n) is 1.60. The zero-order valence-corrected chi connectivity index (χ0v) is 13.4. The molecule has 0 aliphatic carbocycles. The van der Waals surface area contributed by atoms with E-state index in [9.17, 15) is 26.4 Å². The van der Waals surface area contributed by atoms with Gasteiger partial charge in [0.15, 0.2) is 0 Å². The number of nitrogens with zero attached hydrogens (tertiary/aromatic N) is 1. The van der Waals surface area contributed by atoms with E-state index in [-0.39, 0.29) is 11.4 Å². The van der Waals surface area contributed by atoms with Gasteiger partial charge in [-0.1, -0.05) is 18.2 Å². The number of amides is 1. The van der Waals surface area contributed by atoms with Crippen LogP contribution < -0.4 is 5.32 Å². The molecule has 0 aliphatic rings. The van der Waals surface area contributed by atoms with Crippen molar-refractivity contribution < 1.29 is 31.1 Å². The van der Waals surface area contributed by atoms with E-state index in [2.05, 4.69) is 10.1 Å². The van der Waals surface area contributed by atoms with E-state index >= 15 is 0 Å². The summed E-state index contributed by atoms with van der Waals surface area (Å²) in [6, 6.07) is 6.02. The Morgan fingerprint density at radius 2 is 1.87 bits per heavy atom. The molecule has 0 aliphatic heterocycles. The third-order valence-corrected chi connectivity index (χ3v) is 4.62. The molecule has 0 bridgehead atoms. The summed E-state index contributed by atoms with van der Waals surface area (Å²) in [5.74, 6) is -0.772. The van der Waals surface area contributed by atoms with Crippen LogP contribution in [0.15, 0.2) is 29.2 Å². The Balaban J connectivity index is 2.67. The molecule has 0 saturated heterocycles. The zero-order chi connectivity index (χ0) is 17.7. The van der Waals surface area contributed by atoms with Crippen molar-refractivity contribution in [2.75, 3.05) is 27.3 Å². The SMILES string of the molecule is CN(C)S(=O)(=O)c1ccccc1CNC(=O)COCC(F)(F)F. The lowest BCUT2D eigenvalue weighted by Gasteiger charge is -2.15. The third-order valence-electron chi connectivity index (χ3n) is 2.71. The quantitative estimate of drug-likeness (QED) is 0.797. The van der Waals surface area contributed by atoms with Crippen molar-refractivity contribution in [3.63, 3.8) is 0 Å². The van der Waals surface area contributed by atoms with Crippen LogP contribution in [0.2, 0.25) is 0 Å². The number of nitrogens with one attached hydrogen (secondary N) is 1. The fourth-order valence-corrected chi connectivity index (χ4v) is 2.72. The van der Waals surface area contributed by atoms with Gasteiger partial charge in [-0.3, -0.25) is 4.79 Å². The molecule has 1 N–H and O–H groups in total. The van der Waals surface area contributed by atoms with Crippen molar-refractivity contribution in [1.82, 2.24) is 9.62 Å². The van der Waals surface area contributed by atoms with Crippen molar-refractivity contribution >= 4 is 15.9 Å². The maximum absolute atomic E-state index is 12.1. The second kappa shape index (κ2) is 7.75. The van der Waals surface area contributed by atoms with Crippen molar-refractivity contribution in [2.24, 2.45) is 0 Å². The Morgan fingerprint density at radius 3 is 2.43 bits per heavy atom. The number of ether oxygens (including phenoxy) is 1. The maximum atomic E-state index is 12.1. The van der Waals surface area contributed by atoms with Crippen LogP contribution in [-0.4, -0.2) is 52.1 Å². The fraction of sp³-hybridized carbons (Fsp3) is 0.462. The highest BCUT2D eigenvalue weighted by Gasteiger charge is 2.27. The summed E-state index contributed by atoms with van der Waals surface area (Å²) in [7, 11) is -0.948. The molecule has 23 heavy (non-hydrogen) atoms. The molecule has 0 fully saturated rings. The first kappa shape index (κ1) is 19.4. The van der Waals surface area contributed by atoms with E-state index in [1.54, 1.807) is 6.07 Å². The minimum atomic E-state index is -4.51. The molecule has 0 unspecified atom stereocenters. The normalized spacial score (nSPS) is 12.4. The first-order valence-corrected chi connectivity index (χ1v) is 7.89. The lowest BCUT2D eigenvalue weighted by atomic mass is 10.2. The van der Waals surface area contributed by atoms with Crippen molar-refractivity contribution in [3.05, 3.63) is 29.8 Å². The molecule has 1 amide bonds. The summed E-state index contributed by atoms with van der Waals surface area (Å²) < 4.78 is 65.2. The number of carbonyl (C=O) groups excluding carboxylic acids is 1. The van der Waals surface area contributed by atoms with Gasteiger partial charge >= 0.3 is 6.18 Å². The standard InChI is InChI=1S/C13H17F3N2O4S/c1-18(2)23(20,21)11-6-4-3-5-10(11)7-17-12(19)8-22-9-13(14,15)16/h3-6H,7-9H2,1-2H3,(H,17,19). The molecule has 130 valence electrons. The molecule has 1 aromatic rings. The second-order valence-corrected chi connectivity index (χ2v) is 6.90. The van der Waals surface area contributed by atoms with E-state index < -0.39 is 35.3 Å². The summed E-state index contributed by atoms with van der Waals surface area (Å²) in [4.78, 5) is 11.4. The van der Waals surface area contributed by atoms with Crippen LogP contribution in [0.3, 0.4) is 0 Å². The molecular weight excluding hydrogens is 337 g/mol. The Morgan fingerprint density at radius 1 is 1.26 bits per heavy atom. The van der Waals surface area contributed by atoms with Gasteiger partial charge in [0.2, 0.25) is 15.9 Å². The van der Waals surface area contributed by atoms with Gasteiger partial charge in [-0.25, -0.2) is 12.7 Å². The van der Waals surface area contributed by atoms with Crippen LogP contribution in [0.5, 0.6) is 0 Å². The summed E-state index contributed by atoms with van der Waals surface area (Å²) in [6.07, 6.45) is -4.51. The highest BCUT2D eigenvalue weighted by Crippen LogP contribution is 2.18. The van der Waals surface area contributed by atoms with Gasteiger partial charge in [0.25, 0.3) is 0 Å². The van der Waals surface area contributed by atoms with Crippen LogP contribution in [0, 0.1) is 0 Å². The monoisotopic (exact) mass is 354 g/mol. The molecule has 6 nitrogen and oxygen atoms in total. The molecule has 10 heteroatoms. The molecule has 1 aromatic carbocycles. The molecular formula is C13H17F3N2O4S. The van der Waals surface area contributed by atoms with E-state index in [0.29, 0.717) is 5.56 Å². The largest absolute Gasteiger partial charge is 0.411 e. The minimum Gasteiger partial charge on any atom is -0.362 e. The number of alkyl halides is 3. The van der Waals surface area contributed by atoms with E-state index in [0.717, 1.165) is 4.31 Å². The number of rotatable bonds is 7. The number of sulfonamides is 1. The number of carbonyl (C=O) groups is 1. The van der Waals surface area contributed by atoms with Crippen LogP contribution in [-0.2, 0) is 26.1 Å². The van der Waals surface area contributed by atoms with Gasteiger partial charge in [0.05, 0.1) is 4.90 Å². The van der Waals surface area contributed by atoms with Crippen LogP contribution in [0.4, 0.5) is 13.2 Å². The zero-order valence-electron chi connectivity index (χ0n) is 12.6. The highest BCUT2D eigenvalue weighted by molar-refractivity contribution is 7.89. The Bertz CT molecular complexity index is 645. The molecule has 0 atom stereocenters. The topological polar surface area (TPSA) is 75.7 Å². The lowest BCUT2D eigenvalue weighted by molar-refractivity contribution is -0.175. The highest BCUT2D eigenvalue weighted by atomic mass is 32.2. The molecule has 0 heterocycles. The molecule has 0 aromatic heterocycles. The average Bonchev–Trinajstić information content (AvgIpc) is 2.43.